The molecule has 0 bridgehead atoms. The van der Waals surface area contributed by atoms with E-state index in [1.165, 1.54) is 20.4 Å². The maximum absolute atomic E-state index is 12.2. The van der Waals surface area contributed by atoms with Gasteiger partial charge in [-0.15, -0.1) is 0 Å². The molecular formula is C17H15ClN4O3S. The van der Waals surface area contributed by atoms with Crippen LogP contribution in [0.1, 0.15) is 15.9 Å². The topological polar surface area (TPSA) is 91.5 Å². The molecule has 0 atom stereocenters. The first-order chi connectivity index (χ1) is 12.5. The number of aromatic amines is 2. The van der Waals surface area contributed by atoms with Crippen LogP contribution in [0.25, 0.3) is 11.0 Å². The van der Waals surface area contributed by atoms with Gasteiger partial charge in [0.1, 0.15) is 0 Å². The van der Waals surface area contributed by atoms with E-state index >= 15 is 0 Å². The Morgan fingerprint density at radius 3 is 2.69 bits per heavy atom. The second-order valence-electron chi connectivity index (χ2n) is 5.24. The van der Waals surface area contributed by atoms with Crippen molar-refractivity contribution in [3.8, 4) is 11.5 Å². The highest BCUT2D eigenvalue weighted by molar-refractivity contribution is 7.71. The van der Waals surface area contributed by atoms with Gasteiger partial charge in [0.2, 0.25) is 0 Å². The number of halogens is 1. The lowest BCUT2D eigenvalue weighted by Gasteiger charge is -2.10. The Morgan fingerprint density at radius 2 is 1.96 bits per heavy atom. The summed E-state index contributed by atoms with van der Waals surface area (Å²) in [5.41, 5.74) is 5.05. The molecule has 0 saturated carbocycles. The van der Waals surface area contributed by atoms with Crippen molar-refractivity contribution in [1.29, 1.82) is 0 Å². The molecule has 1 heterocycles. The molecule has 1 amide bonds. The summed E-state index contributed by atoms with van der Waals surface area (Å²) in [5, 5.41) is 4.29. The van der Waals surface area contributed by atoms with Crippen LogP contribution in [0.15, 0.2) is 35.4 Å². The molecular weight excluding hydrogens is 376 g/mol. The highest BCUT2D eigenvalue weighted by Gasteiger charge is 2.12. The predicted octanol–water partition coefficient (Wildman–Crippen LogP) is 3.66. The summed E-state index contributed by atoms with van der Waals surface area (Å²) in [6.07, 6.45) is 1.44. The van der Waals surface area contributed by atoms with Crippen molar-refractivity contribution in [2.24, 2.45) is 5.10 Å². The van der Waals surface area contributed by atoms with Crippen molar-refractivity contribution in [3.05, 3.63) is 51.3 Å². The zero-order valence-corrected chi connectivity index (χ0v) is 15.5. The quantitative estimate of drug-likeness (QED) is 0.352. The van der Waals surface area contributed by atoms with Gasteiger partial charge in [0.15, 0.2) is 16.3 Å². The number of fused-ring (bicyclic) bond motifs is 1. The highest BCUT2D eigenvalue weighted by atomic mass is 35.5. The first kappa shape index (κ1) is 18.0. The molecule has 0 aliphatic carbocycles. The number of rotatable bonds is 5. The monoisotopic (exact) mass is 390 g/mol. The lowest BCUT2D eigenvalue weighted by atomic mass is 10.2. The molecule has 9 heteroatoms. The van der Waals surface area contributed by atoms with Crippen LogP contribution in [-0.4, -0.2) is 36.3 Å². The van der Waals surface area contributed by atoms with Gasteiger partial charge in [-0.25, -0.2) is 5.43 Å². The third-order valence-corrected chi connectivity index (χ3v) is 4.26. The van der Waals surface area contributed by atoms with E-state index in [4.69, 9.17) is 33.3 Å². The third kappa shape index (κ3) is 3.56. The summed E-state index contributed by atoms with van der Waals surface area (Å²) in [5.74, 6) is 0.550. The number of H-pyrrole nitrogens is 2. The number of methoxy groups -OCH3 is 2. The molecule has 1 aromatic heterocycles. The number of imidazole rings is 1. The van der Waals surface area contributed by atoms with Gasteiger partial charge < -0.3 is 19.4 Å². The molecule has 0 unspecified atom stereocenters. The second kappa shape index (κ2) is 7.59. The number of amides is 1. The van der Waals surface area contributed by atoms with Gasteiger partial charge in [-0.05, 0) is 42.5 Å². The van der Waals surface area contributed by atoms with E-state index in [2.05, 4.69) is 20.5 Å². The molecule has 2 aromatic carbocycles. The van der Waals surface area contributed by atoms with Gasteiger partial charge in [0.25, 0.3) is 5.91 Å². The minimum absolute atomic E-state index is 0.339. The SMILES string of the molecule is COc1ccc(/C=N\NC(=O)c2ccc3[nH]c(=S)[nH]c3c2)c(Cl)c1OC. The van der Waals surface area contributed by atoms with E-state index in [0.717, 1.165) is 11.0 Å². The highest BCUT2D eigenvalue weighted by Crippen LogP contribution is 2.36. The van der Waals surface area contributed by atoms with Gasteiger partial charge in [0.05, 0.1) is 36.5 Å². The third-order valence-electron chi connectivity index (χ3n) is 3.66. The maximum Gasteiger partial charge on any atom is 0.271 e. The van der Waals surface area contributed by atoms with Crippen molar-refractivity contribution in [3.63, 3.8) is 0 Å². The van der Waals surface area contributed by atoms with E-state index in [9.17, 15) is 4.79 Å². The number of carbonyl (C=O) groups is 1. The van der Waals surface area contributed by atoms with Gasteiger partial charge in [0, 0.05) is 11.1 Å². The van der Waals surface area contributed by atoms with Crippen LogP contribution >= 0.6 is 23.8 Å². The Labute approximate surface area is 159 Å². The van der Waals surface area contributed by atoms with E-state index in [1.54, 1.807) is 30.3 Å². The molecule has 0 fully saturated rings. The molecule has 0 radical (unpaired) electrons. The number of nitrogens with one attached hydrogen (secondary N) is 3. The normalized spacial score (nSPS) is 11.0. The number of hydrogen-bond acceptors (Lipinski definition) is 5. The van der Waals surface area contributed by atoms with Crippen LogP contribution < -0.4 is 14.9 Å². The van der Waals surface area contributed by atoms with E-state index in [1.807, 2.05) is 0 Å². The van der Waals surface area contributed by atoms with E-state index in [-0.39, 0.29) is 5.91 Å². The molecule has 134 valence electrons. The Hall–Kier alpha value is -2.84. The zero-order valence-electron chi connectivity index (χ0n) is 13.9. The van der Waals surface area contributed by atoms with Gasteiger partial charge in [-0.1, -0.05) is 11.6 Å². The minimum atomic E-state index is -0.361. The molecule has 3 aromatic rings. The molecule has 3 rings (SSSR count). The fourth-order valence-corrected chi connectivity index (χ4v) is 2.90. The largest absolute Gasteiger partial charge is 0.493 e. The molecule has 0 aliphatic rings. The molecule has 0 aliphatic heterocycles. The Bertz CT molecular complexity index is 1060. The molecule has 0 saturated heterocycles. The number of ether oxygens (including phenoxy) is 2. The number of nitrogens with zero attached hydrogens (tertiary/aromatic N) is 1. The Balaban J connectivity index is 1.77. The van der Waals surface area contributed by atoms with Crippen molar-refractivity contribution in [2.75, 3.05) is 14.2 Å². The standard InChI is InChI=1S/C17H15ClN4O3S/c1-24-13-6-4-10(14(18)15(13)25-2)8-19-22-16(23)9-3-5-11-12(7-9)21-17(26)20-11/h3-8H,1-2H3,(H,22,23)(H2,20,21,26)/b19-8-. The number of aromatic nitrogens is 2. The number of hydrazone groups is 1. The number of benzene rings is 2. The first-order valence-electron chi connectivity index (χ1n) is 7.49. The lowest BCUT2D eigenvalue weighted by molar-refractivity contribution is 0.0955. The van der Waals surface area contributed by atoms with Crippen molar-refractivity contribution >= 4 is 47.0 Å². The average Bonchev–Trinajstić information content (AvgIpc) is 3.01. The van der Waals surface area contributed by atoms with Gasteiger partial charge in [-0.2, -0.15) is 5.10 Å². The van der Waals surface area contributed by atoms with Gasteiger partial charge in [-0.3, -0.25) is 4.79 Å². The second-order valence-corrected chi connectivity index (χ2v) is 6.03. The number of carbonyl (C=O) groups excluding carboxylic acids is 1. The molecule has 26 heavy (non-hydrogen) atoms. The fraction of sp³-hybridized carbons (Fsp3) is 0.118. The minimum Gasteiger partial charge on any atom is -0.493 e. The lowest BCUT2D eigenvalue weighted by Crippen LogP contribution is -2.17. The van der Waals surface area contributed by atoms with Crippen LogP contribution in [0.5, 0.6) is 11.5 Å². The Morgan fingerprint density at radius 1 is 1.19 bits per heavy atom. The van der Waals surface area contributed by atoms with Crippen molar-refractivity contribution < 1.29 is 14.3 Å². The van der Waals surface area contributed by atoms with E-state index in [0.29, 0.717) is 32.4 Å². The predicted molar refractivity (Wildman–Crippen MR) is 103 cm³/mol. The summed E-state index contributed by atoms with van der Waals surface area (Å²) < 4.78 is 10.9. The zero-order chi connectivity index (χ0) is 18.7. The van der Waals surface area contributed by atoms with Crippen LogP contribution in [0, 0.1) is 4.77 Å². The summed E-state index contributed by atoms with van der Waals surface area (Å²) in [4.78, 5) is 18.2. The average molecular weight is 391 g/mol. The summed E-state index contributed by atoms with van der Waals surface area (Å²) in [6.45, 7) is 0. The Kier molecular flexibility index (Phi) is 5.24. The maximum atomic E-state index is 12.2. The van der Waals surface area contributed by atoms with Crippen LogP contribution in [-0.2, 0) is 0 Å². The molecule has 0 spiro atoms. The summed E-state index contributed by atoms with van der Waals surface area (Å²) >= 11 is 11.3. The smallest absolute Gasteiger partial charge is 0.271 e. The molecule has 3 N–H and O–H groups in total. The van der Waals surface area contributed by atoms with Crippen LogP contribution in [0.3, 0.4) is 0 Å². The van der Waals surface area contributed by atoms with Gasteiger partial charge >= 0.3 is 0 Å². The summed E-state index contributed by atoms with van der Waals surface area (Å²) in [7, 11) is 3.02. The molecule has 7 nitrogen and oxygen atoms in total. The van der Waals surface area contributed by atoms with E-state index < -0.39 is 0 Å². The fourth-order valence-electron chi connectivity index (χ4n) is 2.40. The first-order valence-corrected chi connectivity index (χ1v) is 8.28. The van der Waals surface area contributed by atoms with Crippen LogP contribution in [0.4, 0.5) is 0 Å². The number of hydrogen-bond donors (Lipinski definition) is 3. The summed E-state index contributed by atoms with van der Waals surface area (Å²) in [6, 6.07) is 8.55. The van der Waals surface area contributed by atoms with Crippen molar-refractivity contribution in [2.45, 2.75) is 0 Å². The van der Waals surface area contributed by atoms with Crippen molar-refractivity contribution in [1.82, 2.24) is 15.4 Å². The van der Waals surface area contributed by atoms with Crippen LogP contribution in [0.2, 0.25) is 5.02 Å².